The Labute approximate surface area is 94.7 Å². The molecule has 0 aliphatic carbocycles. The highest BCUT2D eigenvalue weighted by Crippen LogP contribution is 2.17. The lowest BCUT2D eigenvalue weighted by Crippen LogP contribution is -2.12. The van der Waals surface area contributed by atoms with Gasteiger partial charge in [-0.1, -0.05) is 33.6 Å². The summed E-state index contributed by atoms with van der Waals surface area (Å²) in [6.07, 6.45) is 5.91. The molecule has 0 aliphatic heterocycles. The third kappa shape index (κ3) is 10.2. The van der Waals surface area contributed by atoms with E-state index >= 15 is 0 Å². The van der Waals surface area contributed by atoms with Crippen molar-refractivity contribution in [3.63, 3.8) is 0 Å². The quantitative estimate of drug-likeness (QED) is 0.622. The summed E-state index contributed by atoms with van der Waals surface area (Å²) in [6.45, 7) is 6.86. The summed E-state index contributed by atoms with van der Waals surface area (Å²) in [5.41, 5.74) is 0. The maximum atomic E-state index is 9.77. The van der Waals surface area contributed by atoms with E-state index in [-0.39, 0.29) is 12.7 Å². The van der Waals surface area contributed by atoms with Crippen LogP contribution in [-0.2, 0) is 0 Å². The molecule has 0 aromatic heterocycles. The number of hydrogen-bond acceptors (Lipinski definition) is 2. The molecule has 0 aliphatic rings. The first-order valence-electron chi connectivity index (χ1n) is 6.35. The minimum atomic E-state index is -0.141. The van der Waals surface area contributed by atoms with Crippen molar-refractivity contribution >= 4 is 0 Å². The number of aliphatic hydroxyl groups excluding tert-OH is 2. The Balaban J connectivity index is 3.42. The predicted octanol–water partition coefficient (Wildman–Crippen LogP) is 2.97. The lowest BCUT2D eigenvalue weighted by Gasteiger charge is -2.16. The van der Waals surface area contributed by atoms with Crippen molar-refractivity contribution in [1.82, 2.24) is 0 Å². The van der Waals surface area contributed by atoms with Crippen molar-refractivity contribution in [2.45, 2.75) is 65.4 Å². The summed E-state index contributed by atoms with van der Waals surface area (Å²) < 4.78 is 0. The molecule has 0 heterocycles. The van der Waals surface area contributed by atoms with E-state index in [2.05, 4.69) is 20.8 Å². The normalized spacial score (nSPS) is 15.6. The third-order valence-corrected chi connectivity index (χ3v) is 2.85. The van der Waals surface area contributed by atoms with Gasteiger partial charge in [0.2, 0.25) is 0 Å². The highest BCUT2D eigenvalue weighted by atomic mass is 16.3. The molecule has 92 valence electrons. The molecule has 0 rings (SSSR count). The van der Waals surface area contributed by atoms with Crippen molar-refractivity contribution in [2.75, 3.05) is 6.61 Å². The van der Waals surface area contributed by atoms with E-state index in [9.17, 15) is 5.11 Å². The Kier molecular flexibility index (Phi) is 9.12. The lowest BCUT2D eigenvalue weighted by molar-refractivity contribution is 0.127. The second kappa shape index (κ2) is 9.17. The van der Waals surface area contributed by atoms with Gasteiger partial charge in [-0.2, -0.15) is 0 Å². The standard InChI is InChI=1S/C13H28O2/c1-11(2)6-4-8-13(15)10-12(3)7-5-9-14/h11-15H,4-10H2,1-3H3. The van der Waals surface area contributed by atoms with Crippen LogP contribution in [0, 0.1) is 11.8 Å². The van der Waals surface area contributed by atoms with Crippen LogP contribution in [0.2, 0.25) is 0 Å². The van der Waals surface area contributed by atoms with Gasteiger partial charge in [-0.15, -0.1) is 0 Å². The average molecular weight is 216 g/mol. The zero-order chi connectivity index (χ0) is 11.7. The molecule has 0 amide bonds. The van der Waals surface area contributed by atoms with Crippen molar-refractivity contribution in [1.29, 1.82) is 0 Å². The fourth-order valence-corrected chi connectivity index (χ4v) is 1.90. The summed E-state index contributed by atoms with van der Waals surface area (Å²) >= 11 is 0. The molecule has 2 N–H and O–H groups in total. The summed E-state index contributed by atoms with van der Waals surface area (Å²) in [5, 5.41) is 18.5. The lowest BCUT2D eigenvalue weighted by atomic mass is 9.95. The van der Waals surface area contributed by atoms with Crippen LogP contribution in [0.5, 0.6) is 0 Å². The van der Waals surface area contributed by atoms with Crippen molar-refractivity contribution in [2.24, 2.45) is 11.8 Å². The molecule has 0 saturated carbocycles. The van der Waals surface area contributed by atoms with Crippen molar-refractivity contribution < 1.29 is 10.2 Å². The van der Waals surface area contributed by atoms with Gasteiger partial charge in [-0.05, 0) is 37.5 Å². The summed E-state index contributed by atoms with van der Waals surface area (Å²) in [6, 6.07) is 0. The van der Waals surface area contributed by atoms with Crippen molar-refractivity contribution in [3.05, 3.63) is 0 Å². The average Bonchev–Trinajstić information content (AvgIpc) is 2.14. The Morgan fingerprint density at radius 3 is 2.13 bits per heavy atom. The number of rotatable bonds is 9. The van der Waals surface area contributed by atoms with Gasteiger partial charge in [-0.3, -0.25) is 0 Å². The molecule has 0 fully saturated rings. The predicted molar refractivity (Wildman–Crippen MR) is 64.8 cm³/mol. The molecule has 0 aromatic rings. The van der Waals surface area contributed by atoms with Crippen LogP contribution < -0.4 is 0 Å². The van der Waals surface area contributed by atoms with Gasteiger partial charge in [0.05, 0.1) is 6.10 Å². The SMILES string of the molecule is CC(C)CCCC(O)CC(C)CCCO. The Hall–Kier alpha value is -0.0800. The van der Waals surface area contributed by atoms with Crippen LogP contribution in [0.25, 0.3) is 0 Å². The van der Waals surface area contributed by atoms with E-state index in [0.717, 1.165) is 38.0 Å². The zero-order valence-electron chi connectivity index (χ0n) is 10.6. The summed E-state index contributed by atoms with van der Waals surface area (Å²) in [5.74, 6) is 1.27. The number of aliphatic hydroxyl groups is 2. The van der Waals surface area contributed by atoms with E-state index in [1.807, 2.05) is 0 Å². The van der Waals surface area contributed by atoms with Crippen molar-refractivity contribution in [3.8, 4) is 0 Å². The fourth-order valence-electron chi connectivity index (χ4n) is 1.90. The van der Waals surface area contributed by atoms with Gasteiger partial charge in [-0.25, -0.2) is 0 Å². The van der Waals surface area contributed by atoms with E-state index in [4.69, 9.17) is 5.11 Å². The van der Waals surface area contributed by atoms with Crippen LogP contribution in [0.15, 0.2) is 0 Å². The van der Waals surface area contributed by atoms with Crippen LogP contribution in [0.4, 0.5) is 0 Å². The second-order valence-corrected chi connectivity index (χ2v) is 5.19. The zero-order valence-corrected chi connectivity index (χ0v) is 10.6. The van der Waals surface area contributed by atoms with Gasteiger partial charge in [0.15, 0.2) is 0 Å². The second-order valence-electron chi connectivity index (χ2n) is 5.19. The molecule has 0 saturated heterocycles. The van der Waals surface area contributed by atoms with Crippen LogP contribution in [0.1, 0.15) is 59.3 Å². The highest BCUT2D eigenvalue weighted by molar-refractivity contribution is 4.62. The fraction of sp³-hybridized carbons (Fsp3) is 1.00. The molecule has 15 heavy (non-hydrogen) atoms. The minimum absolute atomic E-state index is 0.141. The minimum Gasteiger partial charge on any atom is -0.396 e. The Bertz CT molecular complexity index is 134. The maximum Gasteiger partial charge on any atom is 0.0542 e. The molecule has 0 spiro atoms. The Morgan fingerprint density at radius 2 is 1.60 bits per heavy atom. The smallest absolute Gasteiger partial charge is 0.0542 e. The van der Waals surface area contributed by atoms with Gasteiger partial charge in [0.25, 0.3) is 0 Å². The largest absolute Gasteiger partial charge is 0.396 e. The van der Waals surface area contributed by atoms with Crippen LogP contribution in [0.3, 0.4) is 0 Å². The van der Waals surface area contributed by atoms with E-state index in [1.54, 1.807) is 0 Å². The van der Waals surface area contributed by atoms with Gasteiger partial charge < -0.3 is 10.2 Å². The van der Waals surface area contributed by atoms with E-state index < -0.39 is 0 Å². The van der Waals surface area contributed by atoms with Crippen LogP contribution in [-0.4, -0.2) is 22.9 Å². The highest BCUT2D eigenvalue weighted by Gasteiger charge is 2.10. The summed E-state index contributed by atoms with van der Waals surface area (Å²) in [7, 11) is 0. The van der Waals surface area contributed by atoms with Crippen LogP contribution >= 0.6 is 0 Å². The molecular weight excluding hydrogens is 188 g/mol. The third-order valence-electron chi connectivity index (χ3n) is 2.85. The molecule has 2 nitrogen and oxygen atoms in total. The first-order valence-corrected chi connectivity index (χ1v) is 6.35. The molecular formula is C13H28O2. The van der Waals surface area contributed by atoms with E-state index in [1.165, 1.54) is 6.42 Å². The molecule has 2 unspecified atom stereocenters. The maximum absolute atomic E-state index is 9.77. The number of hydrogen-bond donors (Lipinski definition) is 2. The molecule has 2 atom stereocenters. The molecule has 2 heteroatoms. The molecule has 0 bridgehead atoms. The van der Waals surface area contributed by atoms with Gasteiger partial charge in [0.1, 0.15) is 0 Å². The first kappa shape index (κ1) is 14.9. The van der Waals surface area contributed by atoms with E-state index in [0.29, 0.717) is 5.92 Å². The Morgan fingerprint density at radius 1 is 0.933 bits per heavy atom. The summed E-state index contributed by atoms with van der Waals surface area (Å²) in [4.78, 5) is 0. The monoisotopic (exact) mass is 216 g/mol. The molecule has 0 aromatic carbocycles. The van der Waals surface area contributed by atoms with Gasteiger partial charge in [0, 0.05) is 6.61 Å². The topological polar surface area (TPSA) is 40.5 Å². The first-order chi connectivity index (χ1) is 7.06. The molecule has 0 radical (unpaired) electrons. The van der Waals surface area contributed by atoms with Gasteiger partial charge >= 0.3 is 0 Å².